The lowest BCUT2D eigenvalue weighted by molar-refractivity contribution is 0.694. The van der Waals surface area contributed by atoms with Gasteiger partial charge in [-0.2, -0.15) is 5.10 Å². The van der Waals surface area contributed by atoms with Gasteiger partial charge in [-0.05, 0) is 25.8 Å². The van der Waals surface area contributed by atoms with Gasteiger partial charge in [0.2, 0.25) is 0 Å². The summed E-state index contributed by atoms with van der Waals surface area (Å²) in [6.07, 6.45) is 7.02. The Morgan fingerprint density at radius 1 is 1.30 bits per heavy atom. The first-order chi connectivity index (χ1) is 9.76. The SMILES string of the molecule is CCNc1cc(C2CCCC2)nc(-c2ccn(C)n2)n1. The molecule has 0 atom stereocenters. The average Bonchev–Trinajstić information content (AvgIpc) is 3.09. The standard InChI is InChI=1S/C15H21N5/c1-3-16-14-10-13(11-6-4-5-7-11)17-15(18-14)12-8-9-20(2)19-12/h8-11H,3-7H2,1-2H3,(H,16,17,18). The molecule has 5 nitrogen and oxygen atoms in total. The highest BCUT2D eigenvalue weighted by Crippen LogP contribution is 2.34. The second kappa shape index (κ2) is 5.61. The van der Waals surface area contributed by atoms with Crippen molar-refractivity contribution in [2.45, 2.75) is 38.5 Å². The lowest BCUT2D eigenvalue weighted by Crippen LogP contribution is -2.06. The van der Waals surface area contributed by atoms with E-state index in [0.29, 0.717) is 5.92 Å². The van der Waals surface area contributed by atoms with Crippen molar-refractivity contribution in [1.82, 2.24) is 19.7 Å². The summed E-state index contributed by atoms with van der Waals surface area (Å²) in [7, 11) is 1.91. The third kappa shape index (κ3) is 2.66. The molecule has 0 bridgehead atoms. The van der Waals surface area contributed by atoms with Crippen LogP contribution in [0.3, 0.4) is 0 Å². The second-order valence-electron chi connectivity index (χ2n) is 5.39. The van der Waals surface area contributed by atoms with Crippen LogP contribution in [0.1, 0.15) is 44.2 Å². The van der Waals surface area contributed by atoms with E-state index in [1.807, 2.05) is 19.3 Å². The average molecular weight is 271 g/mol. The predicted molar refractivity (Wildman–Crippen MR) is 79.6 cm³/mol. The lowest BCUT2D eigenvalue weighted by Gasteiger charge is -2.12. The Balaban J connectivity index is 1.99. The van der Waals surface area contributed by atoms with Crippen LogP contribution in [0.15, 0.2) is 18.3 Å². The molecule has 0 aromatic carbocycles. The third-order valence-electron chi connectivity index (χ3n) is 3.82. The van der Waals surface area contributed by atoms with Crippen molar-refractivity contribution in [2.24, 2.45) is 7.05 Å². The van der Waals surface area contributed by atoms with Gasteiger partial charge in [0.15, 0.2) is 5.82 Å². The zero-order valence-corrected chi connectivity index (χ0v) is 12.1. The maximum Gasteiger partial charge on any atom is 0.182 e. The molecule has 1 fully saturated rings. The summed E-state index contributed by atoms with van der Waals surface area (Å²) in [6, 6.07) is 4.06. The highest BCUT2D eigenvalue weighted by atomic mass is 15.3. The van der Waals surface area contributed by atoms with E-state index >= 15 is 0 Å². The topological polar surface area (TPSA) is 55.6 Å². The van der Waals surface area contributed by atoms with Crippen LogP contribution in [-0.2, 0) is 7.05 Å². The minimum atomic E-state index is 0.581. The van der Waals surface area contributed by atoms with Gasteiger partial charge in [0.1, 0.15) is 11.5 Å². The summed E-state index contributed by atoms with van der Waals surface area (Å²) >= 11 is 0. The van der Waals surface area contributed by atoms with Crippen LogP contribution in [0.5, 0.6) is 0 Å². The van der Waals surface area contributed by atoms with Gasteiger partial charge in [0.05, 0.1) is 0 Å². The number of anilines is 1. The highest BCUT2D eigenvalue weighted by Gasteiger charge is 2.20. The normalized spacial score (nSPS) is 15.7. The minimum Gasteiger partial charge on any atom is -0.370 e. The Hall–Kier alpha value is -1.91. The Labute approximate surface area is 119 Å². The van der Waals surface area contributed by atoms with Gasteiger partial charge in [-0.1, -0.05) is 12.8 Å². The molecule has 0 spiro atoms. The first-order valence-corrected chi connectivity index (χ1v) is 7.39. The fraction of sp³-hybridized carbons (Fsp3) is 0.533. The van der Waals surface area contributed by atoms with Gasteiger partial charge in [-0.3, -0.25) is 4.68 Å². The Morgan fingerprint density at radius 2 is 2.10 bits per heavy atom. The van der Waals surface area contributed by atoms with E-state index in [-0.39, 0.29) is 0 Å². The van der Waals surface area contributed by atoms with Gasteiger partial charge in [0, 0.05) is 37.5 Å². The molecule has 2 aromatic rings. The molecule has 1 N–H and O–H groups in total. The Morgan fingerprint density at radius 3 is 2.75 bits per heavy atom. The number of nitrogens with zero attached hydrogens (tertiary/aromatic N) is 4. The van der Waals surface area contributed by atoms with Crippen LogP contribution in [0.4, 0.5) is 5.82 Å². The molecule has 0 saturated heterocycles. The zero-order valence-electron chi connectivity index (χ0n) is 12.1. The fourth-order valence-corrected chi connectivity index (χ4v) is 2.82. The second-order valence-corrected chi connectivity index (χ2v) is 5.39. The zero-order chi connectivity index (χ0) is 13.9. The van der Waals surface area contributed by atoms with Crippen molar-refractivity contribution in [3.63, 3.8) is 0 Å². The Kier molecular flexibility index (Phi) is 3.67. The summed E-state index contributed by atoms with van der Waals surface area (Å²) in [6.45, 7) is 2.95. The summed E-state index contributed by atoms with van der Waals surface area (Å²) in [5, 5.41) is 7.72. The molecular formula is C15H21N5. The van der Waals surface area contributed by atoms with E-state index in [1.165, 1.54) is 25.7 Å². The molecule has 3 rings (SSSR count). The van der Waals surface area contributed by atoms with Crippen LogP contribution >= 0.6 is 0 Å². The number of rotatable bonds is 4. The molecule has 1 saturated carbocycles. The number of hydrogen-bond acceptors (Lipinski definition) is 4. The van der Waals surface area contributed by atoms with Gasteiger partial charge in [-0.25, -0.2) is 9.97 Å². The van der Waals surface area contributed by atoms with E-state index in [2.05, 4.69) is 28.4 Å². The molecule has 1 aliphatic carbocycles. The van der Waals surface area contributed by atoms with E-state index < -0.39 is 0 Å². The van der Waals surface area contributed by atoms with Gasteiger partial charge < -0.3 is 5.32 Å². The molecule has 2 heterocycles. The first-order valence-electron chi connectivity index (χ1n) is 7.39. The molecule has 0 unspecified atom stereocenters. The smallest absolute Gasteiger partial charge is 0.182 e. The van der Waals surface area contributed by atoms with Crippen molar-refractivity contribution < 1.29 is 0 Å². The molecule has 2 aromatic heterocycles. The maximum atomic E-state index is 4.75. The summed E-state index contributed by atoms with van der Waals surface area (Å²) in [5.74, 6) is 2.22. The maximum absolute atomic E-state index is 4.75. The van der Waals surface area contributed by atoms with Crippen LogP contribution in [0.25, 0.3) is 11.5 Å². The molecule has 5 heteroatoms. The van der Waals surface area contributed by atoms with Gasteiger partial charge in [-0.15, -0.1) is 0 Å². The van der Waals surface area contributed by atoms with Crippen LogP contribution in [-0.4, -0.2) is 26.3 Å². The van der Waals surface area contributed by atoms with Crippen LogP contribution in [0, 0.1) is 0 Å². The van der Waals surface area contributed by atoms with Gasteiger partial charge >= 0.3 is 0 Å². The summed E-state index contributed by atoms with van der Waals surface area (Å²) in [5.41, 5.74) is 2.00. The van der Waals surface area contributed by atoms with Crippen molar-refractivity contribution in [2.75, 3.05) is 11.9 Å². The number of nitrogens with one attached hydrogen (secondary N) is 1. The predicted octanol–water partition coefficient (Wildman–Crippen LogP) is 2.97. The fourth-order valence-electron chi connectivity index (χ4n) is 2.82. The summed E-state index contributed by atoms with van der Waals surface area (Å²) < 4.78 is 1.79. The van der Waals surface area contributed by atoms with Gasteiger partial charge in [0.25, 0.3) is 0 Å². The molecule has 0 aliphatic heterocycles. The monoisotopic (exact) mass is 271 g/mol. The van der Waals surface area contributed by atoms with E-state index in [1.54, 1.807) is 4.68 Å². The van der Waals surface area contributed by atoms with E-state index in [0.717, 1.165) is 29.6 Å². The van der Waals surface area contributed by atoms with Crippen molar-refractivity contribution >= 4 is 5.82 Å². The van der Waals surface area contributed by atoms with Crippen LogP contribution in [0.2, 0.25) is 0 Å². The number of aryl methyl sites for hydroxylation is 1. The molecule has 0 amide bonds. The largest absolute Gasteiger partial charge is 0.370 e. The number of hydrogen-bond donors (Lipinski definition) is 1. The number of aromatic nitrogens is 4. The van der Waals surface area contributed by atoms with Crippen molar-refractivity contribution in [1.29, 1.82) is 0 Å². The highest BCUT2D eigenvalue weighted by molar-refractivity contribution is 5.53. The molecule has 1 aliphatic rings. The van der Waals surface area contributed by atoms with Crippen molar-refractivity contribution in [3.8, 4) is 11.5 Å². The van der Waals surface area contributed by atoms with E-state index in [4.69, 9.17) is 4.98 Å². The molecule has 20 heavy (non-hydrogen) atoms. The molecule has 106 valence electrons. The third-order valence-corrected chi connectivity index (χ3v) is 3.82. The minimum absolute atomic E-state index is 0.581. The molecule has 0 radical (unpaired) electrons. The van der Waals surface area contributed by atoms with E-state index in [9.17, 15) is 0 Å². The van der Waals surface area contributed by atoms with Crippen molar-refractivity contribution in [3.05, 3.63) is 24.0 Å². The Bertz CT molecular complexity index is 584. The van der Waals surface area contributed by atoms with Crippen LogP contribution < -0.4 is 5.32 Å². The summed E-state index contributed by atoms with van der Waals surface area (Å²) in [4.78, 5) is 9.33. The quantitative estimate of drug-likeness (QED) is 0.929. The lowest BCUT2D eigenvalue weighted by atomic mass is 10.0. The molecular weight excluding hydrogens is 250 g/mol. The first kappa shape index (κ1) is 13.1.